The molecule has 26 heavy (non-hydrogen) atoms. The topological polar surface area (TPSA) is 49.9 Å². The lowest BCUT2D eigenvalue weighted by molar-refractivity contribution is 0.0535. The molecule has 1 fully saturated rings. The fraction of sp³-hybridized carbons (Fsp3) is 0.300. The maximum absolute atomic E-state index is 13.4. The number of halogens is 1. The van der Waals surface area contributed by atoms with Gasteiger partial charge in [0, 0.05) is 37.3 Å². The summed E-state index contributed by atoms with van der Waals surface area (Å²) in [6.45, 7) is 3.49. The summed E-state index contributed by atoms with van der Waals surface area (Å²) in [4.78, 5) is 28.6. The number of carbonyl (C=O) groups excluding carboxylic acids is 2. The summed E-state index contributed by atoms with van der Waals surface area (Å²) in [6, 6.07) is 11.4. The van der Waals surface area contributed by atoms with E-state index in [1.54, 1.807) is 54.2 Å². The van der Waals surface area contributed by atoms with Gasteiger partial charge in [-0.15, -0.1) is 0 Å². The van der Waals surface area contributed by atoms with E-state index in [0.717, 1.165) is 0 Å². The SMILES string of the molecule is COc1ccc(C(=O)N2CCN(C(=O)c3ccc(F)c(C)c3)CC2)cc1. The van der Waals surface area contributed by atoms with E-state index < -0.39 is 0 Å². The van der Waals surface area contributed by atoms with Crippen LogP contribution in [-0.2, 0) is 0 Å². The molecule has 5 nitrogen and oxygen atoms in total. The van der Waals surface area contributed by atoms with Crippen molar-refractivity contribution in [3.05, 3.63) is 65.0 Å². The van der Waals surface area contributed by atoms with Crippen molar-refractivity contribution in [2.75, 3.05) is 33.3 Å². The first-order valence-corrected chi connectivity index (χ1v) is 8.48. The van der Waals surface area contributed by atoms with Crippen LogP contribution >= 0.6 is 0 Å². The molecule has 136 valence electrons. The average molecular weight is 356 g/mol. The van der Waals surface area contributed by atoms with E-state index in [4.69, 9.17) is 4.74 Å². The molecule has 2 aromatic rings. The second kappa shape index (κ2) is 7.56. The zero-order valence-electron chi connectivity index (χ0n) is 14.9. The van der Waals surface area contributed by atoms with Gasteiger partial charge in [0.25, 0.3) is 11.8 Å². The van der Waals surface area contributed by atoms with Crippen LogP contribution in [0.2, 0.25) is 0 Å². The number of hydrogen-bond donors (Lipinski definition) is 0. The van der Waals surface area contributed by atoms with Gasteiger partial charge < -0.3 is 14.5 Å². The lowest BCUT2D eigenvalue weighted by Crippen LogP contribution is -2.50. The molecule has 1 aliphatic rings. The maximum Gasteiger partial charge on any atom is 0.253 e. The highest BCUT2D eigenvalue weighted by atomic mass is 19.1. The molecular formula is C20H21FN2O3. The third-order valence-corrected chi connectivity index (χ3v) is 4.60. The lowest BCUT2D eigenvalue weighted by Gasteiger charge is -2.35. The van der Waals surface area contributed by atoms with Crippen molar-refractivity contribution in [1.29, 1.82) is 0 Å². The van der Waals surface area contributed by atoms with E-state index in [9.17, 15) is 14.0 Å². The fourth-order valence-corrected chi connectivity index (χ4v) is 2.99. The van der Waals surface area contributed by atoms with Crippen molar-refractivity contribution in [3.63, 3.8) is 0 Å². The molecule has 0 bridgehead atoms. The minimum Gasteiger partial charge on any atom is -0.497 e. The monoisotopic (exact) mass is 356 g/mol. The molecule has 2 aromatic carbocycles. The van der Waals surface area contributed by atoms with Crippen LogP contribution in [0.4, 0.5) is 4.39 Å². The molecule has 0 atom stereocenters. The zero-order valence-corrected chi connectivity index (χ0v) is 14.9. The minimum absolute atomic E-state index is 0.0580. The van der Waals surface area contributed by atoms with Gasteiger partial charge in [-0.3, -0.25) is 9.59 Å². The molecular weight excluding hydrogens is 335 g/mol. The number of ether oxygens (including phenoxy) is 1. The van der Waals surface area contributed by atoms with Gasteiger partial charge in [-0.25, -0.2) is 4.39 Å². The Bertz CT molecular complexity index is 812. The minimum atomic E-state index is -0.323. The first-order chi connectivity index (χ1) is 12.5. The molecule has 1 aliphatic heterocycles. The summed E-state index contributed by atoms with van der Waals surface area (Å²) in [7, 11) is 1.58. The van der Waals surface area contributed by atoms with E-state index in [1.165, 1.54) is 12.1 Å². The first kappa shape index (κ1) is 17.9. The van der Waals surface area contributed by atoms with Crippen LogP contribution in [0, 0.1) is 12.7 Å². The van der Waals surface area contributed by atoms with Crippen LogP contribution in [0.15, 0.2) is 42.5 Å². The molecule has 0 saturated carbocycles. The van der Waals surface area contributed by atoms with Gasteiger partial charge in [0.05, 0.1) is 7.11 Å². The summed E-state index contributed by atoms with van der Waals surface area (Å²) in [5.41, 5.74) is 1.52. The Labute approximate surface area is 152 Å². The highest BCUT2D eigenvalue weighted by molar-refractivity contribution is 5.96. The van der Waals surface area contributed by atoms with Crippen LogP contribution < -0.4 is 4.74 Å². The Hall–Kier alpha value is -2.89. The standard InChI is InChI=1S/C20H21FN2O3/c1-14-13-16(5-8-18(14)21)20(25)23-11-9-22(10-12-23)19(24)15-3-6-17(26-2)7-4-15/h3-8,13H,9-12H2,1-2H3. The Balaban J connectivity index is 1.61. The molecule has 0 aromatic heterocycles. The molecule has 0 radical (unpaired) electrons. The summed E-state index contributed by atoms with van der Waals surface area (Å²) in [5.74, 6) is 0.185. The second-order valence-corrected chi connectivity index (χ2v) is 6.28. The number of carbonyl (C=O) groups is 2. The van der Waals surface area contributed by atoms with Gasteiger partial charge in [0.2, 0.25) is 0 Å². The van der Waals surface area contributed by atoms with Crippen molar-refractivity contribution in [2.24, 2.45) is 0 Å². The van der Waals surface area contributed by atoms with E-state index in [0.29, 0.717) is 48.6 Å². The third-order valence-electron chi connectivity index (χ3n) is 4.60. The van der Waals surface area contributed by atoms with Crippen molar-refractivity contribution in [2.45, 2.75) is 6.92 Å². The summed E-state index contributed by atoms with van der Waals surface area (Å²) < 4.78 is 18.5. The quantitative estimate of drug-likeness (QED) is 0.850. The number of methoxy groups -OCH3 is 1. The van der Waals surface area contributed by atoms with Gasteiger partial charge in [-0.2, -0.15) is 0 Å². The molecule has 2 amide bonds. The molecule has 0 N–H and O–H groups in total. The molecule has 0 aliphatic carbocycles. The highest BCUT2D eigenvalue weighted by Gasteiger charge is 2.25. The van der Waals surface area contributed by atoms with E-state index >= 15 is 0 Å². The van der Waals surface area contributed by atoms with Crippen molar-refractivity contribution in [1.82, 2.24) is 9.80 Å². The molecule has 6 heteroatoms. The Morgan fingerprint density at radius 2 is 1.38 bits per heavy atom. The smallest absolute Gasteiger partial charge is 0.253 e. The predicted octanol–water partition coefficient (Wildman–Crippen LogP) is 2.74. The van der Waals surface area contributed by atoms with Crippen LogP contribution in [0.1, 0.15) is 26.3 Å². The van der Waals surface area contributed by atoms with Crippen LogP contribution in [0.5, 0.6) is 5.75 Å². The summed E-state index contributed by atoms with van der Waals surface area (Å²) in [5, 5.41) is 0. The van der Waals surface area contributed by atoms with E-state index in [2.05, 4.69) is 0 Å². The van der Waals surface area contributed by atoms with Crippen molar-refractivity contribution >= 4 is 11.8 Å². The Kier molecular flexibility index (Phi) is 5.21. The molecule has 1 saturated heterocycles. The first-order valence-electron chi connectivity index (χ1n) is 8.48. The van der Waals surface area contributed by atoms with Gasteiger partial charge >= 0.3 is 0 Å². The van der Waals surface area contributed by atoms with Gasteiger partial charge in [-0.1, -0.05) is 0 Å². The third kappa shape index (κ3) is 3.69. The molecule has 1 heterocycles. The summed E-state index contributed by atoms with van der Waals surface area (Å²) >= 11 is 0. The number of nitrogens with zero attached hydrogens (tertiary/aromatic N) is 2. The number of amides is 2. The lowest BCUT2D eigenvalue weighted by atomic mass is 10.1. The van der Waals surface area contributed by atoms with Crippen molar-refractivity contribution < 1.29 is 18.7 Å². The van der Waals surface area contributed by atoms with Crippen molar-refractivity contribution in [3.8, 4) is 5.75 Å². The largest absolute Gasteiger partial charge is 0.497 e. The number of rotatable bonds is 3. The fourth-order valence-electron chi connectivity index (χ4n) is 2.99. The number of piperazine rings is 1. The Morgan fingerprint density at radius 1 is 0.885 bits per heavy atom. The van der Waals surface area contributed by atoms with Crippen LogP contribution in [0.25, 0.3) is 0 Å². The van der Waals surface area contributed by atoms with Crippen LogP contribution in [0.3, 0.4) is 0 Å². The van der Waals surface area contributed by atoms with E-state index in [-0.39, 0.29) is 17.6 Å². The Morgan fingerprint density at radius 3 is 1.88 bits per heavy atom. The second-order valence-electron chi connectivity index (χ2n) is 6.28. The number of hydrogen-bond acceptors (Lipinski definition) is 3. The normalized spacial score (nSPS) is 14.3. The van der Waals surface area contributed by atoms with Gasteiger partial charge in [-0.05, 0) is 55.0 Å². The summed E-state index contributed by atoms with van der Waals surface area (Å²) in [6.07, 6.45) is 0. The number of aryl methyl sites for hydroxylation is 1. The highest BCUT2D eigenvalue weighted by Crippen LogP contribution is 2.16. The van der Waals surface area contributed by atoms with Gasteiger partial charge in [0.1, 0.15) is 11.6 Å². The number of benzene rings is 2. The van der Waals surface area contributed by atoms with E-state index in [1.807, 2.05) is 0 Å². The molecule has 0 spiro atoms. The molecule has 0 unspecified atom stereocenters. The average Bonchev–Trinajstić information content (AvgIpc) is 2.69. The van der Waals surface area contributed by atoms with Gasteiger partial charge in [0.15, 0.2) is 0 Å². The zero-order chi connectivity index (χ0) is 18.7. The molecule has 3 rings (SSSR count). The maximum atomic E-state index is 13.4. The predicted molar refractivity (Wildman–Crippen MR) is 95.9 cm³/mol. The van der Waals surface area contributed by atoms with Crippen LogP contribution in [-0.4, -0.2) is 54.9 Å².